The predicted octanol–water partition coefficient (Wildman–Crippen LogP) is 20.1. The number of nitrogens with zero attached hydrogens (tertiary/aromatic N) is 16. The van der Waals surface area contributed by atoms with Crippen LogP contribution in [0.5, 0.6) is 0 Å². The van der Waals surface area contributed by atoms with Crippen molar-refractivity contribution in [3.05, 3.63) is 115 Å². The van der Waals surface area contributed by atoms with Gasteiger partial charge < -0.3 is 41.7 Å². The van der Waals surface area contributed by atoms with Crippen molar-refractivity contribution in [2.45, 2.75) is 343 Å². The molecule has 0 aliphatic carbocycles. The molecule has 8 aromatic rings. The number of nitro benzene ring substituents is 2. The van der Waals surface area contributed by atoms with E-state index in [-0.39, 0.29) is 112 Å². The second-order valence-electron chi connectivity index (χ2n) is 39.1. The maximum atomic E-state index is 13.7. The number of carbonyl (C=O) groups excluding carboxylic acids is 4. The molecule has 3 unspecified atom stereocenters. The number of amides is 3. The fraction of sp³-hybridized carbons (Fsp3) is 0.616. The third-order valence-electron chi connectivity index (χ3n) is 22.8. The van der Waals surface area contributed by atoms with E-state index in [2.05, 4.69) is 184 Å². The molecule has 0 bridgehead atoms. The number of Topliss-reactive ketones (excluding diaryl/α,β-unsaturated/α-hetero) is 1. The molecule has 0 spiro atoms. The Balaban J connectivity index is 0.000000215. The Morgan fingerprint density at radius 2 is 0.871 bits per heavy atom. The van der Waals surface area contributed by atoms with E-state index in [0.717, 1.165) is 25.7 Å². The quantitative estimate of drug-likeness (QED) is 0.0155. The lowest BCUT2D eigenvalue weighted by atomic mass is 10.1. The Labute approximate surface area is 743 Å². The van der Waals surface area contributed by atoms with Crippen LogP contribution in [0, 0.1) is 35.6 Å². The first-order chi connectivity index (χ1) is 57.4. The van der Waals surface area contributed by atoms with Gasteiger partial charge in [-0.2, -0.15) is 0 Å². The van der Waals surface area contributed by atoms with Crippen LogP contribution in [0.2, 0.25) is 54.4 Å². The number of carbonyl (C=O) groups is 4. The van der Waals surface area contributed by atoms with Crippen molar-refractivity contribution >= 4 is 134 Å². The summed E-state index contributed by atoms with van der Waals surface area (Å²) in [4.78, 5) is 117. The van der Waals surface area contributed by atoms with Gasteiger partial charge in [0.25, 0.3) is 11.4 Å². The zero-order chi connectivity index (χ0) is 92.1. The fourth-order valence-corrected chi connectivity index (χ4v) is 18.0. The van der Waals surface area contributed by atoms with Gasteiger partial charge in [-0.3, -0.25) is 53.8 Å². The zero-order valence-electron chi connectivity index (χ0n) is 77.2. The van der Waals surface area contributed by atoms with Gasteiger partial charge in [0.15, 0.2) is 75.9 Å². The molecule has 9 atom stereocenters. The zero-order valence-corrected chi connectivity index (χ0v) is 82.3. The first-order valence-electron chi connectivity index (χ1n) is 42.2. The summed E-state index contributed by atoms with van der Waals surface area (Å²) in [6.07, 6.45) is 10.6. The van der Waals surface area contributed by atoms with Gasteiger partial charge in [0.05, 0.1) is 78.5 Å². The van der Waals surface area contributed by atoms with E-state index in [1.807, 2.05) is 36.3 Å². The first kappa shape index (κ1) is 98.9. The summed E-state index contributed by atoms with van der Waals surface area (Å²) in [7, 11) is -6.05. The Morgan fingerprint density at radius 1 is 0.516 bits per heavy atom. The van der Waals surface area contributed by atoms with Crippen LogP contribution < -0.4 is 15.1 Å². The van der Waals surface area contributed by atoms with Crippen molar-refractivity contribution in [1.82, 2.24) is 58.6 Å². The Morgan fingerprint density at radius 3 is 1.23 bits per heavy atom. The highest BCUT2D eigenvalue weighted by atomic mass is 127. The minimum absolute atomic E-state index is 0.00720. The molecule has 3 saturated heterocycles. The van der Waals surface area contributed by atoms with Crippen LogP contribution in [0.25, 0.3) is 33.5 Å². The van der Waals surface area contributed by atoms with Crippen molar-refractivity contribution in [3.63, 3.8) is 0 Å². The summed E-state index contributed by atoms with van der Waals surface area (Å²) in [5.74, 6) is 6.41. The molecule has 3 aliphatic rings. The second kappa shape index (κ2) is 39.1. The standard InChI is InChI=1S/C35H48N6O7Si.C29H41IN6O6Si.C22H37N5O4Si/c1-11-27-28(48-49(9,10)35(6,7)8)19-29(46-27)40-22-38-30-31(36-21-37-32(30)40)39(33(43)47-34(3,4)5)20-25-17-16-24(18-26(25)41(44)45)15-13-12-14-23(2)42;1-10-21-22(42-43(8,9)29(5,6)7)14-23(40-21)35-17-33-24-25(31-16-32-26(24)35)34(27(37)41-28(2,3)4)15-18-11-12-19(30)13-20(18)36(38)39;1-10-14-15(31-32(8,9)22(5,6)7)11-16(29-14)27-13-25-17-18(23-12-24-19(17)27)26-20(28)30-21(2,3)4/h16-18,21-22,27-29H,11-12,14,19-20H2,1-10H3;11-13,16-17,21-23H,10,14-15H2,1-9H3;12-16H,10-11H2,1-9H3,(H,23,24,26,28)/t27-,28?,29-;21-,22?,23-;14-,15?,16-/m111/s1. The van der Waals surface area contributed by atoms with Crippen LogP contribution in [-0.4, -0.2) is 171 Å². The monoisotopic (exact) mass is 1880 g/mol. The van der Waals surface area contributed by atoms with Crippen LogP contribution in [0.1, 0.15) is 239 Å². The maximum Gasteiger partial charge on any atom is 0.416 e. The van der Waals surface area contributed by atoms with Gasteiger partial charge in [-0.25, -0.2) is 59.2 Å². The van der Waals surface area contributed by atoms with Crippen LogP contribution in [0.4, 0.5) is 43.2 Å². The molecule has 124 heavy (non-hydrogen) atoms. The molecule has 676 valence electrons. The van der Waals surface area contributed by atoms with Gasteiger partial charge in [0.2, 0.25) is 0 Å². The number of benzene rings is 2. The molecule has 9 heterocycles. The summed E-state index contributed by atoms with van der Waals surface area (Å²) in [6.45, 7) is 56.7. The van der Waals surface area contributed by atoms with E-state index in [0.29, 0.717) is 79.7 Å². The summed E-state index contributed by atoms with van der Waals surface area (Å²) in [6, 6.07) is 9.42. The average molecular weight is 1880 g/mol. The molecule has 3 fully saturated rings. The highest BCUT2D eigenvalue weighted by Crippen LogP contribution is 2.47. The molecule has 1 N–H and O–H groups in total. The predicted molar refractivity (Wildman–Crippen MR) is 489 cm³/mol. The largest absolute Gasteiger partial charge is 0.444 e. The minimum atomic E-state index is -2.08. The summed E-state index contributed by atoms with van der Waals surface area (Å²) >= 11 is 2.02. The third kappa shape index (κ3) is 24.6. The van der Waals surface area contributed by atoms with Gasteiger partial charge >= 0.3 is 18.3 Å². The molecule has 0 saturated carbocycles. The van der Waals surface area contributed by atoms with Crippen molar-refractivity contribution < 1.29 is 70.7 Å². The van der Waals surface area contributed by atoms with Gasteiger partial charge in [-0.1, -0.05) is 94.9 Å². The molecule has 3 aliphatic heterocycles. The number of hydrogen-bond donors (Lipinski definition) is 1. The number of anilines is 3. The van der Waals surface area contributed by atoms with Gasteiger partial charge in [0.1, 0.15) is 60.3 Å². The molecular weight excluding hydrogens is 1750 g/mol. The molecule has 11 rings (SSSR count). The second-order valence-corrected chi connectivity index (χ2v) is 54.6. The fourth-order valence-electron chi connectivity index (χ4n) is 13.4. The normalized spacial score (nSPS) is 19.7. The number of ether oxygens (including phenoxy) is 6. The lowest BCUT2D eigenvalue weighted by Gasteiger charge is -2.39. The van der Waals surface area contributed by atoms with Crippen molar-refractivity contribution in [2.75, 3.05) is 15.1 Å². The van der Waals surface area contributed by atoms with Crippen molar-refractivity contribution in [2.24, 2.45) is 0 Å². The highest BCUT2D eigenvalue weighted by molar-refractivity contribution is 14.1. The van der Waals surface area contributed by atoms with Crippen LogP contribution >= 0.6 is 22.6 Å². The van der Waals surface area contributed by atoms with Crippen LogP contribution in [0.3, 0.4) is 0 Å². The number of ketones is 1. The Kier molecular flexibility index (Phi) is 31.2. The third-order valence-corrected chi connectivity index (χ3v) is 37.0. The number of fused-ring (bicyclic) bond motifs is 3. The van der Waals surface area contributed by atoms with Gasteiger partial charge in [-0.15, -0.1) is 0 Å². The number of hydrogen-bond acceptors (Lipinski definition) is 26. The minimum Gasteiger partial charge on any atom is -0.444 e. The molecule has 3 amide bonds. The van der Waals surface area contributed by atoms with E-state index < -0.39 is 76.1 Å². The molecule has 0 radical (unpaired) electrons. The number of nitrogens with one attached hydrogen (secondary N) is 1. The number of rotatable bonds is 23. The van der Waals surface area contributed by atoms with E-state index in [1.165, 1.54) is 47.8 Å². The molecule has 34 nitrogen and oxygen atoms in total. The van der Waals surface area contributed by atoms with Gasteiger partial charge in [-0.05, 0) is 190 Å². The lowest BCUT2D eigenvalue weighted by Crippen LogP contribution is -2.45. The van der Waals surface area contributed by atoms with E-state index >= 15 is 0 Å². The summed E-state index contributed by atoms with van der Waals surface area (Å²) in [5, 5.41) is 27.0. The topological polar surface area (TPSA) is 387 Å². The molecular formula is C86H126IN17O17Si3. The SMILES string of the molecule is CC[C@H]1O[C@@H](n2cnc3c(N(Cc4ccc(C#CCCC(C)=O)cc4[N+](=O)[O-])C(=O)OC(C)(C)C)ncnc32)CC1O[Si](C)(C)C(C)(C)C.CC[C@H]1O[C@@H](n2cnc3c(N(Cc4ccc(I)cc4[N+](=O)[O-])C(=O)OC(C)(C)C)ncnc32)CC1O[Si](C)(C)C(C)(C)C.CC[C@H]1O[C@@H](n2cnc3c(NC(=O)OC(C)(C)C)ncnc32)CC1O[Si](C)(C)C(C)(C)C. The van der Waals surface area contributed by atoms with E-state index in [4.69, 9.17) is 41.7 Å². The highest BCUT2D eigenvalue weighted by Gasteiger charge is 2.49. The summed E-state index contributed by atoms with van der Waals surface area (Å²) in [5.41, 5.74) is 1.05. The van der Waals surface area contributed by atoms with E-state index in [1.54, 1.807) is 106 Å². The Bertz CT molecular complexity index is 5220. The molecule has 38 heteroatoms. The summed E-state index contributed by atoms with van der Waals surface area (Å²) < 4.78 is 62.7. The number of halogens is 1. The van der Waals surface area contributed by atoms with E-state index in [9.17, 15) is 39.4 Å². The number of imidazole rings is 3. The van der Waals surface area contributed by atoms with Crippen molar-refractivity contribution in [3.8, 4) is 11.8 Å². The lowest BCUT2D eigenvalue weighted by molar-refractivity contribution is -0.385. The van der Waals surface area contributed by atoms with Gasteiger partial charge in [0, 0.05) is 64.5 Å². The number of aromatic nitrogens is 12. The van der Waals surface area contributed by atoms with Crippen molar-refractivity contribution in [1.29, 1.82) is 0 Å². The number of nitro groups is 2. The molecule has 2 aromatic carbocycles. The first-order valence-corrected chi connectivity index (χ1v) is 52.0. The molecule has 6 aromatic heterocycles. The average Bonchev–Trinajstić information content (AvgIpc) is 1.60. The Hall–Kier alpha value is -8.93. The maximum absolute atomic E-state index is 13.7. The van der Waals surface area contributed by atoms with Crippen LogP contribution in [-0.2, 0) is 59.6 Å². The smallest absolute Gasteiger partial charge is 0.416 e. The van der Waals surface area contributed by atoms with Crippen LogP contribution in [0.15, 0.2) is 74.4 Å².